The second-order valence-corrected chi connectivity index (χ2v) is 8.09. The van der Waals surface area contributed by atoms with Crippen molar-refractivity contribution in [3.05, 3.63) is 46.2 Å². The summed E-state index contributed by atoms with van der Waals surface area (Å²) in [4.78, 5) is 11.1. The molecule has 2 aliphatic heterocycles. The maximum atomic E-state index is 6.21. The van der Waals surface area contributed by atoms with Gasteiger partial charge in [-0.3, -0.25) is 9.88 Å². The second-order valence-electron chi connectivity index (χ2n) is 7.15. The first-order valence-corrected chi connectivity index (χ1v) is 9.87. The lowest BCUT2D eigenvalue weighted by atomic mass is 9.88. The Bertz CT molecular complexity index is 683. The van der Waals surface area contributed by atoms with Gasteiger partial charge in [0.05, 0.1) is 31.5 Å². The van der Waals surface area contributed by atoms with Gasteiger partial charge in [0.25, 0.3) is 0 Å². The number of aromatic nitrogens is 2. The van der Waals surface area contributed by atoms with Crippen LogP contribution in [0.4, 0.5) is 0 Å². The van der Waals surface area contributed by atoms with Crippen LogP contribution in [0.1, 0.15) is 35.5 Å². The Labute approximate surface area is 153 Å². The molecule has 0 radical (unpaired) electrons. The van der Waals surface area contributed by atoms with E-state index in [9.17, 15) is 0 Å². The number of rotatable bonds is 5. The molecule has 25 heavy (non-hydrogen) atoms. The Kier molecular flexibility index (Phi) is 5.12. The Morgan fingerprint density at radius 2 is 2.12 bits per heavy atom. The molecule has 0 amide bonds. The largest absolute Gasteiger partial charge is 0.372 e. The van der Waals surface area contributed by atoms with Crippen LogP contribution in [0.3, 0.4) is 0 Å². The standard InChI is InChI=1S/C19H25N3O2S/c1-15-14-25-18(21-15)11-22-8-4-19(5-9-22)10-17(13-24-19)23-12-16-2-6-20-7-3-16/h2-3,6-7,14,17H,4-5,8-13H2,1H3. The lowest BCUT2D eigenvalue weighted by Gasteiger charge is -2.38. The van der Waals surface area contributed by atoms with Crippen molar-refractivity contribution in [2.45, 2.75) is 51.0 Å². The van der Waals surface area contributed by atoms with Gasteiger partial charge >= 0.3 is 0 Å². The van der Waals surface area contributed by atoms with Crippen LogP contribution in [0.5, 0.6) is 0 Å². The number of nitrogens with zero attached hydrogens (tertiary/aromatic N) is 3. The van der Waals surface area contributed by atoms with Gasteiger partial charge in [-0.15, -0.1) is 11.3 Å². The predicted molar refractivity (Wildman–Crippen MR) is 97.5 cm³/mol. The lowest BCUT2D eigenvalue weighted by molar-refractivity contribution is -0.0468. The highest BCUT2D eigenvalue weighted by molar-refractivity contribution is 7.09. The van der Waals surface area contributed by atoms with E-state index in [1.165, 1.54) is 10.6 Å². The van der Waals surface area contributed by atoms with Crippen molar-refractivity contribution >= 4 is 11.3 Å². The molecule has 0 N–H and O–H groups in total. The molecule has 1 unspecified atom stereocenters. The van der Waals surface area contributed by atoms with E-state index in [1.807, 2.05) is 24.5 Å². The summed E-state index contributed by atoms with van der Waals surface area (Å²) in [7, 11) is 0. The number of piperidine rings is 1. The third-order valence-electron chi connectivity index (χ3n) is 5.20. The number of hydrogen-bond donors (Lipinski definition) is 0. The van der Waals surface area contributed by atoms with Crippen LogP contribution < -0.4 is 0 Å². The fourth-order valence-electron chi connectivity index (χ4n) is 3.74. The summed E-state index contributed by atoms with van der Waals surface area (Å²) in [5.41, 5.74) is 2.32. The summed E-state index contributed by atoms with van der Waals surface area (Å²) in [5.74, 6) is 0. The second kappa shape index (κ2) is 7.50. The zero-order valence-electron chi connectivity index (χ0n) is 14.7. The Hall–Kier alpha value is -1.34. The van der Waals surface area contributed by atoms with Crippen molar-refractivity contribution < 1.29 is 9.47 Å². The average molecular weight is 359 g/mol. The van der Waals surface area contributed by atoms with Crippen LogP contribution in [-0.4, -0.2) is 46.3 Å². The summed E-state index contributed by atoms with van der Waals surface area (Å²) in [5, 5.41) is 3.35. The number of aryl methyl sites for hydroxylation is 1. The number of hydrogen-bond acceptors (Lipinski definition) is 6. The topological polar surface area (TPSA) is 47.5 Å². The molecule has 0 aliphatic carbocycles. The minimum absolute atomic E-state index is 0.0260. The first-order chi connectivity index (χ1) is 12.2. The van der Waals surface area contributed by atoms with Crippen LogP contribution in [0.2, 0.25) is 0 Å². The quantitative estimate of drug-likeness (QED) is 0.820. The van der Waals surface area contributed by atoms with Crippen LogP contribution in [-0.2, 0) is 22.6 Å². The van der Waals surface area contributed by atoms with E-state index >= 15 is 0 Å². The Balaban J connectivity index is 1.24. The van der Waals surface area contributed by atoms with E-state index in [-0.39, 0.29) is 11.7 Å². The molecule has 5 nitrogen and oxygen atoms in total. The summed E-state index contributed by atoms with van der Waals surface area (Å²) >= 11 is 1.76. The highest BCUT2D eigenvalue weighted by Gasteiger charge is 2.43. The van der Waals surface area contributed by atoms with E-state index in [1.54, 1.807) is 11.3 Å². The summed E-state index contributed by atoms with van der Waals surface area (Å²) < 4.78 is 12.3. The molecule has 6 heteroatoms. The fraction of sp³-hybridized carbons (Fsp3) is 0.579. The fourth-order valence-corrected chi connectivity index (χ4v) is 4.55. The SMILES string of the molecule is Cc1csc(CN2CCC3(CC2)CC(OCc2ccncc2)CO3)n1. The van der Waals surface area contributed by atoms with Crippen molar-refractivity contribution in [3.63, 3.8) is 0 Å². The van der Waals surface area contributed by atoms with Gasteiger partial charge < -0.3 is 9.47 Å². The van der Waals surface area contributed by atoms with Gasteiger partial charge in [0.1, 0.15) is 5.01 Å². The molecule has 4 heterocycles. The number of pyridine rings is 1. The average Bonchev–Trinajstić information content (AvgIpc) is 3.23. The molecule has 0 aromatic carbocycles. The van der Waals surface area contributed by atoms with Gasteiger partial charge in [-0.05, 0) is 37.5 Å². The molecule has 2 aromatic rings. The Morgan fingerprint density at radius 3 is 2.84 bits per heavy atom. The third kappa shape index (κ3) is 4.26. The Morgan fingerprint density at radius 1 is 1.32 bits per heavy atom. The minimum Gasteiger partial charge on any atom is -0.372 e. The van der Waals surface area contributed by atoms with Gasteiger partial charge in [-0.1, -0.05) is 0 Å². The van der Waals surface area contributed by atoms with E-state index in [0.717, 1.165) is 51.2 Å². The van der Waals surface area contributed by atoms with E-state index in [0.29, 0.717) is 6.61 Å². The normalized spacial score (nSPS) is 23.3. The van der Waals surface area contributed by atoms with Gasteiger partial charge in [0.2, 0.25) is 0 Å². The van der Waals surface area contributed by atoms with Gasteiger partial charge in [0.15, 0.2) is 0 Å². The van der Waals surface area contributed by atoms with Gasteiger partial charge in [-0.25, -0.2) is 4.98 Å². The molecule has 0 bridgehead atoms. The molecule has 2 aliphatic rings. The molecular weight excluding hydrogens is 334 g/mol. The molecule has 134 valence electrons. The van der Waals surface area contributed by atoms with Gasteiger partial charge in [0, 0.05) is 43.0 Å². The third-order valence-corrected chi connectivity index (χ3v) is 6.15. The summed E-state index contributed by atoms with van der Waals surface area (Å²) in [6.07, 6.45) is 7.03. The van der Waals surface area contributed by atoms with Crippen molar-refractivity contribution in [1.29, 1.82) is 0 Å². The first kappa shape index (κ1) is 17.1. The lowest BCUT2D eigenvalue weighted by Crippen LogP contribution is -2.43. The molecule has 2 saturated heterocycles. The smallest absolute Gasteiger partial charge is 0.107 e. The molecule has 2 aromatic heterocycles. The van der Waals surface area contributed by atoms with E-state index in [2.05, 4.69) is 27.2 Å². The molecule has 1 spiro atoms. The van der Waals surface area contributed by atoms with Crippen molar-refractivity contribution in [3.8, 4) is 0 Å². The van der Waals surface area contributed by atoms with E-state index < -0.39 is 0 Å². The zero-order chi connectivity index (χ0) is 17.1. The van der Waals surface area contributed by atoms with Crippen LogP contribution in [0, 0.1) is 6.92 Å². The van der Waals surface area contributed by atoms with Crippen LogP contribution >= 0.6 is 11.3 Å². The minimum atomic E-state index is 0.0260. The number of thiazole rings is 1. The van der Waals surface area contributed by atoms with Crippen molar-refractivity contribution in [1.82, 2.24) is 14.9 Å². The first-order valence-electron chi connectivity index (χ1n) is 8.99. The molecule has 0 saturated carbocycles. The highest BCUT2D eigenvalue weighted by atomic mass is 32.1. The molecule has 1 atom stereocenters. The molecule has 2 fully saturated rings. The maximum Gasteiger partial charge on any atom is 0.107 e. The summed E-state index contributed by atoms with van der Waals surface area (Å²) in [6, 6.07) is 4.01. The number of ether oxygens (including phenoxy) is 2. The van der Waals surface area contributed by atoms with E-state index in [4.69, 9.17) is 9.47 Å². The van der Waals surface area contributed by atoms with Crippen LogP contribution in [0.15, 0.2) is 29.9 Å². The highest BCUT2D eigenvalue weighted by Crippen LogP contribution is 2.37. The zero-order valence-corrected chi connectivity index (χ0v) is 15.5. The monoisotopic (exact) mass is 359 g/mol. The molecular formula is C19H25N3O2S. The van der Waals surface area contributed by atoms with Gasteiger partial charge in [-0.2, -0.15) is 0 Å². The predicted octanol–water partition coefficient (Wildman–Crippen LogP) is 3.19. The number of likely N-dealkylation sites (tertiary alicyclic amines) is 1. The molecule has 4 rings (SSSR count). The van der Waals surface area contributed by atoms with Crippen molar-refractivity contribution in [2.24, 2.45) is 0 Å². The maximum absolute atomic E-state index is 6.21. The summed E-state index contributed by atoms with van der Waals surface area (Å²) in [6.45, 7) is 6.55. The van der Waals surface area contributed by atoms with Crippen molar-refractivity contribution in [2.75, 3.05) is 19.7 Å². The van der Waals surface area contributed by atoms with Crippen LogP contribution in [0.25, 0.3) is 0 Å².